The van der Waals surface area contributed by atoms with Crippen molar-refractivity contribution in [3.63, 3.8) is 0 Å². The van der Waals surface area contributed by atoms with Gasteiger partial charge in [-0.05, 0) is 23.6 Å². The quantitative estimate of drug-likeness (QED) is 0.580. The molecule has 0 aliphatic heterocycles. The number of thiophene rings is 1. The molecule has 0 spiro atoms. The number of hydrogen-bond acceptors (Lipinski definition) is 4. The number of carbonyl (C=O) groups is 1. The minimum Gasteiger partial charge on any atom is -0.426 e. The van der Waals surface area contributed by atoms with Crippen molar-refractivity contribution in [2.75, 3.05) is 0 Å². The predicted molar refractivity (Wildman–Crippen MR) is 69.8 cm³/mol. The second-order valence-electron chi connectivity index (χ2n) is 3.81. The van der Waals surface area contributed by atoms with Gasteiger partial charge in [0.1, 0.15) is 5.75 Å². The van der Waals surface area contributed by atoms with Crippen LogP contribution in [0, 0.1) is 0 Å². The smallest absolute Gasteiger partial charge is 0.316 e. The van der Waals surface area contributed by atoms with Crippen LogP contribution in [0.3, 0.4) is 0 Å². The first-order chi connectivity index (χ1) is 8.81. The highest BCUT2D eigenvalue weighted by molar-refractivity contribution is 7.10. The van der Waals surface area contributed by atoms with Crippen molar-refractivity contribution in [2.45, 2.75) is 6.42 Å². The summed E-state index contributed by atoms with van der Waals surface area (Å²) in [7, 11) is 0. The predicted octanol–water partition coefficient (Wildman–Crippen LogP) is 2.77. The number of imidazole rings is 1. The lowest BCUT2D eigenvalue weighted by Crippen LogP contribution is -2.10. The molecule has 0 saturated carbocycles. The molecule has 1 N–H and O–H groups in total. The molecule has 0 bridgehead atoms. The van der Waals surface area contributed by atoms with Crippen molar-refractivity contribution in [3.8, 4) is 5.75 Å². The van der Waals surface area contributed by atoms with Crippen molar-refractivity contribution in [3.05, 3.63) is 46.9 Å². The number of aromatic nitrogens is 2. The van der Waals surface area contributed by atoms with Gasteiger partial charge in [0.25, 0.3) is 0 Å². The van der Waals surface area contributed by atoms with Crippen LogP contribution in [0.2, 0.25) is 0 Å². The highest BCUT2D eigenvalue weighted by Crippen LogP contribution is 2.18. The van der Waals surface area contributed by atoms with Crippen LogP contribution in [0.15, 0.2) is 42.0 Å². The number of nitrogens with zero attached hydrogens (tertiary/aromatic N) is 1. The normalized spacial score (nSPS) is 10.7. The van der Waals surface area contributed by atoms with E-state index in [1.54, 1.807) is 29.8 Å². The summed E-state index contributed by atoms with van der Waals surface area (Å²) in [6, 6.07) is 9.18. The van der Waals surface area contributed by atoms with Gasteiger partial charge in [0, 0.05) is 10.9 Å². The topological polar surface area (TPSA) is 55.0 Å². The number of hydrogen-bond donors (Lipinski definition) is 1. The van der Waals surface area contributed by atoms with Gasteiger partial charge >= 0.3 is 5.97 Å². The Morgan fingerprint density at radius 3 is 3.17 bits per heavy atom. The molecule has 0 atom stereocenters. The monoisotopic (exact) mass is 258 g/mol. The van der Waals surface area contributed by atoms with Crippen LogP contribution in [-0.4, -0.2) is 15.9 Å². The van der Waals surface area contributed by atoms with Crippen LogP contribution in [0.5, 0.6) is 5.75 Å². The van der Waals surface area contributed by atoms with Gasteiger partial charge in [-0.2, -0.15) is 0 Å². The molecule has 18 heavy (non-hydrogen) atoms. The highest BCUT2D eigenvalue weighted by Gasteiger charge is 2.08. The Bertz CT molecular complexity index is 673. The van der Waals surface area contributed by atoms with E-state index in [1.165, 1.54) is 0 Å². The van der Waals surface area contributed by atoms with Gasteiger partial charge in [0.2, 0.25) is 0 Å². The van der Waals surface area contributed by atoms with Crippen LogP contribution in [0.25, 0.3) is 11.0 Å². The fourth-order valence-corrected chi connectivity index (χ4v) is 2.39. The largest absolute Gasteiger partial charge is 0.426 e. The SMILES string of the molecule is O=C(Cc1cccs1)Oc1ccc2nc[nH]c2c1. The molecule has 0 unspecified atom stereocenters. The fraction of sp³-hybridized carbons (Fsp3) is 0.0769. The summed E-state index contributed by atoms with van der Waals surface area (Å²) < 4.78 is 5.29. The van der Waals surface area contributed by atoms with E-state index in [1.807, 2.05) is 23.6 Å². The maximum Gasteiger partial charge on any atom is 0.316 e. The number of ether oxygens (including phenoxy) is 1. The number of carbonyl (C=O) groups excluding carboxylic acids is 1. The zero-order valence-electron chi connectivity index (χ0n) is 9.42. The lowest BCUT2D eigenvalue weighted by molar-refractivity contribution is -0.133. The molecule has 90 valence electrons. The fourth-order valence-electron chi connectivity index (χ4n) is 1.70. The molecule has 1 aromatic carbocycles. The Hall–Kier alpha value is -2.14. The second kappa shape index (κ2) is 4.62. The zero-order chi connectivity index (χ0) is 12.4. The molecule has 0 radical (unpaired) electrons. The van der Waals surface area contributed by atoms with Crippen LogP contribution in [0.1, 0.15) is 4.88 Å². The number of aromatic amines is 1. The Balaban J connectivity index is 1.73. The molecular formula is C13H10N2O2S. The van der Waals surface area contributed by atoms with E-state index < -0.39 is 0 Å². The number of H-pyrrole nitrogens is 1. The Labute approximate surface area is 107 Å². The first-order valence-electron chi connectivity index (χ1n) is 5.47. The summed E-state index contributed by atoms with van der Waals surface area (Å²) in [4.78, 5) is 19.8. The summed E-state index contributed by atoms with van der Waals surface area (Å²) in [5, 5.41) is 1.94. The van der Waals surface area contributed by atoms with Gasteiger partial charge in [-0.25, -0.2) is 4.98 Å². The Morgan fingerprint density at radius 1 is 1.39 bits per heavy atom. The maximum atomic E-state index is 11.7. The molecular weight excluding hydrogens is 248 g/mol. The third-order valence-electron chi connectivity index (χ3n) is 2.52. The van der Waals surface area contributed by atoms with E-state index in [-0.39, 0.29) is 5.97 Å². The third kappa shape index (κ3) is 2.26. The highest BCUT2D eigenvalue weighted by atomic mass is 32.1. The van der Waals surface area contributed by atoms with Gasteiger partial charge in [-0.15, -0.1) is 11.3 Å². The standard InChI is InChI=1S/C13H10N2O2S/c16-13(7-10-2-1-5-18-10)17-9-3-4-11-12(6-9)15-8-14-11/h1-6,8H,7H2,(H,14,15). The van der Waals surface area contributed by atoms with Crippen LogP contribution in [0.4, 0.5) is 0 Å². The van der Waals surface area contributed by atoms with Gasteiger partial charge in [-0.3, -0.25) is 4.79 Å². The molecule has 0 aliphatic rings. The molecule has 0 aliphatic carbocycles. The summed E-state index contributed by atoms with van der Waals surface area (Å²) in [5.74, 6) is 0.282. The van der Waals surface area contributed by atoms with Gasteiger partial charge in [0.15, 0.2) is 0 Å². The molecule has 0 amide bonds. The molecule has 0 fully saturated rings. The number of benzene rings is 1. The van der Waals surface area contributed by atoms with Gasteiger partial charge in [0.05, 0.1) is 23.8 Å². The summed E-state index contributed by atoms with van der Waals surface area (Å²) in [5.41, 5.74) is 1.71. The average Bonchev–Trinajstić information content (AvgIpc) is 2.98. The minimum atomic E-state index is -0.253. The van der Waals surface area contributed by atoms with Crippen molar-refractivity contribution in [1.82, 2.24) is 9.97 Å². The van der Waals surface area contributed by atoms with E-state index in [0.717, 1.165) is 15.9 Å². The molecule has 5 heteroatoms. The van der Waals surface area contributed by atoms with E-state index >= 15 is 0 Å². The maximum absolute atomic E-state index is 11.7. The summed E-state index contributed by atoms with van der Waals surface area (Å²) in [6.45, 7) is 0. The van der Waals surface area contributed by atoms with Crippen molar-refractivity contribution >= 4 is 28.3 Å². The van der Waals surface area contributed by atoms with Gasteiger partial charge < -0.3 is 9.72 Å². The number of fused-ring (bicyclic) bond motifs is 1. The van der Waals surface area contributed by atoms with Crippen LogP contribution < -0.4 is 4.74 Å². The summed E-state index contributed by atoms with van der Waals surface area (Å²) >= 11 is 1.55. The number of rotatable bonds is 3. The van der Waals surface area contributed by atoms with E-state index in [4.69, 9.17) is 4.74 Å². The van der Waals surface area contributed by atoms with Crippen LogP contribution in [-0.2, 0) is 11.2 Å². The third-order valence-corrected chi connectivity index (χ3v) is 3.40. The lowest BCUT2D eigenvalue weighted by Gasteiger charge is -2.03. The first kappa shape index (κ1) is 11.0. The molecule has 2 aromatic heterocycles. The zero-order valence-corrected chi connectivity index (χ0v) is 10.2. The molecule has 4 nitrogen and oxygen atoms in total. The van der Waals surface area contributed by atoms with Gasteiger partial charge in [-0.1, -0.05) is 6.07 Å². The second-order valence-corrected chi connectivity index (χ2v) is 4.84. The Kier molecular flexibility index (Phi) is 2.82. The van der Waals surface area contributed by atoms with E-state index in [9.17, 15) is 4.79 Å². The summed E-state index contributed by atoms with van der Waals surface area (Å²) in [6.07, 6.45) is 1.92. The number of nitrogens with one attached hydrogen (secondary N) is 1. The number of esters is 1. The van der Waals surface area contributed by atoms with E-state index in [2.05, 4.69) is 9.97 Å². The van der Waals surface area contributed by atoms with Crippen molar-refractivity contribution < 1.29 is 9.53 Å². The lowest BCUT2D eigenvalue weighted by atomic mass is 10.3. The van der Waals surface area contributed by atoms with E-state index in [0.29, 0.717) is 12.2 Å². The first-order valence-corrected chi connectivity index (χ1v) is 6.35. The molecule has 3 rings (SSSR count). The van der Waals surface area contributed by atoms with Crippen molar-refractivity contribution in [2.24, 2.45) is 0 Å². The van der Waals surface area contributed by atoms with Crippen molar-refractivity contribution in [1.29, 1.82) is 0 Å². The average molecular weight is 258 g/mol. The van der Waals surface area contributed by atoms with Crippen LogP contribution >= 0.6 is 11.3 Å². The molecule has 3 aromatic rings. The minimum absolute atomic E-state index is 0.253. The molecule has 2 heterocycles. The molecule has 0 saturated heterocycles. The Morgan fingerprint density at radius 2 is 2.33 bits per heavy atom.